The molecule has 0 amide bonds. The van der Waals surface area contributed by atoms with Crippen LogP contribution in [0.1, 0.15) is 32.6 Å². The Balaban J connectivity index is 1.94. The number of nitrogens with zero attached hydrogens (tertiary/aromatic N) is 2. The first-order valence-corrected chi connectivity index (χ1v) is 8.60. The van der Waals surface area contributed by atoms with Crippen LogP contribution in [0.3, 0.4) is 0 Å². The standard InChI is InChI=1S/C14H29N3S/c1-3-17-8-4-13(5-9-17)16(2)14(12-15)6-10-18-11-7-14/h13H,3-12,15H2,1-2H3. The van der Waals surface area contributed by atoms with E-state index in [2.05, 4.69) is 35.5 Å². The van der Waals surface area contributed by atoms with Gasteiger partial charge in [-0.25, -0.2) is 0 Å². The molecular formula is C14H29N3S. The summed E-state index contributed by atoms with van der Waals surface area (Å²) in [6.45, 7) is 6.83. The fraction of sp³-hybridized carbons (Fsp3) is 1.00. The van der Waals surface area contributed by atoms with Crippen LogP contribution in [0.25, 0.3) is 0 Å². The second-order valence-electron chi connectivity index (χ2n) is 5.82. The van der Waals surface area contributed by atoms with E-state index in [1.165, 1.54) is 56.8 Å². The van der Waals surface area contributed by atoms with Gasteiger partial charge in [-0.05, 0) is 63.9 Å². The van der Waals surface area contributed by atoms with Gasteiger partial charge in [0.1, 0.15) is 0 Å². The van der Waals surface area contributed by atoms with Crippen LogP contribution < -0.4 is 5.73 Å². The van der Waals surface area contributed by atoms with Crippen molar-refractivity contribution in [2.45, 2.75) is 44.2 Å². The van der Waals surface area contributed by atoms with E-state index in [0.29, 0.717) is 5.54 Å². The summed E-state index contributed by atoms with van der Waals surface area (Å²) in [5, 5.41) is 0. The van der Waals surface area contributed by atoms with Gasteiger partial charge in [-0.15, -0.1) is 0 Å². The Kier molecular flexibility index (Phi) is 5.36. The van der Waals surface area contributed by atoms with Crippen LogP contribution in [0.2, 0.25) is 0 Å². The van der Waals surface area contributed by atoms with Crippen LogP contribution in [0, 0.1) is 0 Å². The minimum absolute atomic E-state index is 0.296. The van der Waals surface area contributed by atoms with E-state index in [4.69, 9.17) is 5.73 Å². The fourth-order valence-electron chi connectivity index (χ4n) is 3.46. The van der Waals surface area contributed by atoms with Crippen molar-refractivity contribution in [3.63, 3.8) is 0 Å². The molecular weight excluding hydrogens is 242 g/mol. The molecule has 0 bridgehead atoms. The molecule has 0 aliphatic carbocycles. The average Bonchev–Trinajstić information content (AvgIpc) is 2.47. The van der Waals surface area contributed by atoms with Crippen LogP contribution >= 0.6 is 11.8 Å². The average molecular weight is 271 g/mol. The maximum absolute atomic E-state index is 6.14. The molecule has 0 saturated carbocycles. The summed E-state index contributed by atoms with van der Waals surface area (Å²) >= 11 is 2.09. The lowest BCUT2D eigenvalue weighted by molar-refractivity contribution is 0.0339. The second-order valence-corrected chi connectivity index (χ2v) is 7.04. The Hall–Kier alpha value is 0.230. The van der Waals surface area contributed by atoms with Gasteiger partial charge < -0.3 is 10.6 Å². The molecule has 2 saturated heterocycles. The minimum Gasteiger partial charge on any atom is -0.329 e. The van der Waals surface area contributed by atoms with E-state index < -0.39 is 0 Å². The molecule has 0 aromatic rings. The number of likely N-dealkylation sites (N-methyl/N-ethyl adjacent to an activating group) is 1. The molecule has 18 heavy (non-hydrogen) atoms. The van der Waals surface area contributed by atoms with Crippen molar-refractivity contribution in [1.29, 1.82) is 0 Å². The molecule has 0 unspecified atom stereocenters. The zero-order valence-electron chi connectivity index (χ0n) is 12.0. The number of rotatable bonds is 4. The first-order chi connectivity index (χ1) is 8.72. The van der Waals surface area contributed by atoms with Gasteiger partial charge in [0.25, 0.3) is 0 Å². The lowest BCUT2D eigenvalue weighted by atomic mass is 9.87. The molecule has 2 N–H and O–H groups in total. The van der Waals surface area contributed by atoms with Gasteiger partial charge in [0.05, 0.1) is 0 Å². The van der Waals surface area contributed by atoms with E-state index >= 15 is 0 Å². The smallest absolute Gasteiger partial charge is 0.0347 e. The highest BCUT2D eigenvalue weighted by molar-refractivity contribution is 7.99. The Morgan fingerprint density at radius 2 is 1.89 bits per heavy atom. The van der Waals surface area contributed by atoms with Crippen LogP contribution in [-0.4, -0.2) is 66.1 Å². The number of nitrogens with two attached hydrogens (primary N) is 1. The van der Waals surface area contributed by atoms with E-state index in [0.717, 1.165) is 12.6 Å². The molecule has 4 heteroatoms. The van der Waals surface area contributed by atoms with Crippen LogP contribution in [-0.2, 0) is 0 Å². The summed E-state index contributed by atoms with van der Waals surface area (Å²) < 4.78 is 0. The summed E-state index contributed by atoms with van der Waals surface area (Å²) in [6.07, 6.45) is 5.19. The zero-order chi connectivity index (χ0) is 13.0. The third-order valence-corrected chi connectivity index (χ3v) is 6.09. The Morgan fingerprint density at radius 1 is 1.28 bits per heavy atom. The number of likely N-dealkylation sites (tertiary alicyclic amines) is 1. The number of hydrogen-bond donors (Lipinski definition) is 1. The summed E-state index contributed by atoms with van der Waals surface area (Å²) in [5.41, 5.74) is 6.43. The maximum Gasteiger partial charge on any atom is 0.0347 e. The van der Waals surface area contributed by atoms with Crippen molar-refractivity contribution in [3.05, 3.63) is 0 Å². The SMILES string of the molecule is CCN1CCC(N(C)C2(CN)CCSCC2)CC1. The normalized spacial score (nSPS) is 26.7. The van der Waals surface area contributed by atoms with Crippen molar-refractivity contribution in [3.8, 4) is 0 Å². The van der Waals surface area contributed by atoms with Crippen LogP contribution in [0.5, 0.6) is 0 Å². The largest absolute Gasteiger partial charge is 0.329 e. The molecule has 2 aliphatic heterocycles. The lowest BCUT2D eigenvalue weighted by Crippen LogP contribution is -2.59. The predicted octanol–water partition coefficient (Wildman–Crippen LogP) is 1.63. The highest BCUT2D eigenvalue weighted by Gasteiger charge is 2.38. The molecule has 3 nitrogen and oxygen atoms in total. The molecule has 2 aliphatic rings. The zero-order valence-corrected chi connectivity index (χ0v) is 12.8. The van der Waals surface area contributed by atoms with Gasteiger partial charge in [-0.3, -0.25) is 4.90 Å². The molecule has 2 rings (SSSR count). The minimum atomic E-state index is 0.296. The van der Waals surface area contributed by atoms with Crippen molar-refractivity contribution in [2.75, 3.05) is 44.7 Å². The predicted molar refractivity (Wildman–Crippen MR) is 81.2 cm³/mol. The van der Waals surface area contributed by atoms with Gasteiger partial charge >= 0.3 is 0 Å². The summed E-state index contributed by atoms with van der Waals surface area (Å²) in [4.78, 5) is 5.22. The van der Waals surface area contributed by atoms with Gasteiger partial charge in [0.2, 0.25) is 0 Å². The molecule has 2 heterocycles. The molecule has 0 aromatic carbocycles. The van der Waals surface area contributed by atoms with Crippen LogP contribution in [0.4, 0.5) is 0 Å². The van der Waals surface area contributed by atoms with Gasteiger partial charge in [0, 0.05) is 18.1 Å². The first-order valence-electron chi connectivity index (χ1n) is 7.45. The van der Waals surface area contributed by atoms with E-state index in [9.17, 15) is 0 Å². The lowest BCUT2D eigenvalue weighted by Gasteiger charge is -2.49. The third kappa shape index (κ3) is 3.03. The van der Waals surface area contributed by atoms with E-state index in [-0.39, 0.29) is 0 Å². The summed E-state index contributed by atoms with van der Waals surface area (Å²) in [7, 11) is 2.33. The maximum atomic E-state index is 6.14. The molecule has 0 aromatic heterocycles. The highest BCUT2D eigenvalue weighted by atomic mass is 32.2. The van der Waals surface area contributed by atoms with Crippen molar-refractivity contribution >= 4 is 11.8 Å². The third-order valence-electron chi connectivity index (χ3n) is 5.10. The quantitative estimate of drug-likeness (QED) is 0.842. The number of piperidine rings is 1. The highest BCUT2D eigenvalue weighted by Crippen LogP contribution is 2.34. The molecule has 0 spiro atoms. The van der Waals surface area contributed by atoms with Crippen molar-refractivity contribution in [2.24, 2.45) is 5.73 Å². The van der Waals surface area contributed by atoms with Gasteiger partial charge in [-0.1, -0.05) is 6.92 Å². The molecule has 106 valence electrons. The monoisotopic (exact) mass is 271 g/mol. The van der Waals surface area contributed by atoms with Crippen molar-refractivity contribution < 1.29 is 0 Å². The molecule has 2 fully saturated rings. The Bertz CT molecular complexity index is 245. The number of thioether (sulfide) groups is 1. The summed E-state index contributed by atoms with van der Waals surface area (Å²) in [5.74, 6) is 2.57. The fourth-order valence-corrected chi connectivity index (χ4v) is 4.72. The van der Waals surface area contributed by atoms with Gasteiger partial charge in [0.15, 0.2) is 0 Å². The summed E-state index contributed by atoms with van der Waals surface area (Å²) in [6, 6.07) is 0.749. The number of hydrogen-bond acceptors (Lipinski definition) is 4. The van der Waals surface area contributed by atoms with E-state index in [1.54, 1.807) is 0 Å². The topological polar surface area (TPSA) is 32.5 Å². The first kappa shape index (κ1) is 14.6. The molecule has 0 radical (unpaired) electrons. The molecule has 0 atom stereocenters. The van der Waals surface area contributed by atoms with Crippen molar-refractivity contribution in [1.82, 2.24) is 9.80 Å². The Morgan fingerprint density at radius 3 is 2.39 bits per heavy atom. The van der Waals surface area contributed by atoms with Crippen LogP contribution in [0.15, 0.2) is 0 Å². The Labute approximate surface area is 116 Å². The van der Waals surface area contributed by atoms with E-state index in [1.807, 2.05) is 0 Å². The van der Waals surface area contributed by atoms with Gasteiger partial charge in [-0.2, -0.15) is 11.8 Å². The second kappa shape index (κ2) is 6.60.